The Morgan fingerprint density at radius 1 is 1.50 bits per heavy atom. The van der Waals surface area contributed by atoms with Crippen molar-refractivity contribution in [2.45, 2.75) is 19.9 Å². The number of carboxylic acid groups (broad SMARTS) is 1. The highest BCUT2D eigenvalue weighted by Gasteiger charge is 2.24. The molecule has 16 heavy (non-hydrogen) atoms. The number of aliphatic carboxylic acids is 1. The molecule has 0 saturated heterocycles. The van der Waals surface area contributed by atoms with E-state index < -0.39 is 12.0 Å². The van der Waals surface area contributed by atoms with Gasteiger partial charge in [-0.1, -0.05) is 13.8 Å². The predicted octanol–water partition coefficient (Wildman–Crippen LogP) is 2.35. The molecule has 6 heteroatoms. The van der Waals surface area contributed by atoms with Crippen LogP contribution >= 0.6 is 27.3 Å². The monoisotopic (exact) mass is 305 g/mol. The zero-order valence-electron chi connectivity index (χ0n) is 8.86. The lowest BCUT2D eigenvalue weighted by atomic mass is 10.0. The van der Waals surface area contributed by atoms with Gasteiger partial charge in [-0.15, -0.1) is 11.3 Å². The first-order valence-electron chi connectivity index (χ1n) is 4.69. The standard InChI is InChI=1S/C10H12BrNO3S/c1-5(2)8(10(14)15)12-9(13)6-3-7(11)16-4-6/h3-5,8H,1-2H3,(H,12,13)(H,14,15). The Bertz CT molecular complexity index is 403. The molecule has 1 aromatic heterocycles. The van der Waals surface area contributed by atoms with E-state index in [2.05, 4.69) is 21.2 Å². The maximum Gasteiger partial charge on any atom is 0.326 e. The highest BCUT2D eigenvalue weighted by Crippen LogP contribution is 2.20. The molecule has 0 bridgehead atoms. The normalized spacial score (nSPS) is 12.5. The highest BCUT2D eigenvalue weighted by molar-refractivity contribution is 9.11. The zero-order chi connectivity index (χ0) is 12.3. The maximum absolute atomic E-state index is 11.7. The number of thiophene rings is 1. The van der Waals surface area contributed by atoms with E-state index in [1.165, 1.54) is 11.3 Å². The van der Waals surface area contributed by atoms with Crippen LogP contribution in [0.4, 0.5) is 0 Å². The summed E-state index contributed by atoms with van der Waals surface area (Å²) in [7, 11) is 0. The van der Waals surface area contributed by atoms with E-state index in [-0.39, 0.29) is 11.8 Å². The Hall–Kier alpha value is -0.880. The maximum atomic E-state index is 11.7. The summed E-state index contributed by atoms with van der Waals surface area (Å²) < 4.78 is 0.842. The Kier molecular flexibility index (Phi) is 4.49. The predicted molar refractivity (Wildman–Crippen MR) is 65.7 cm³/mol. The van der Waals surface area contributed by atoms with E-state index in [4.69, 9.17) is 5.11 Å². The molecule has 2 N–H and O–H groups in total. The molecular formula is C10H12BrNO3S. The minimum absolute atomic E-state index is 0.150. The zero-order valence-corrected chi connectivity index (χ0v) is 11.3. The minimum Gasteiger partial charge on any atom is -0.480 e. The van der Waals surface area contributed by atoms with Gasteiger partial charge >= 0.3 is 5.97 Å². The average molecular weight is 306 g/mol. The lowest BCUT2D eigenvalue weighted by molar-refractivity contribution is -0.140. The molecule has 0 aliphatic heterocycles. The van der Waals surface area contributed by atoms with Crippen molar-refractivity contribution in [1.29, 1.82) is 0 Å². The largest absolute Gasteiger partial charge is 0.480 e. The van der Waals surface area contributed by atoms with Gasteiger partial charge in [0, 0.05) is 5.38 Å². The van der Waals surface area contributed by atoms with Crippen molar-refractivity contribution >= 4 is 39.1 Å². The van der Waals surface area contributed by atoms with Crippen LogP contribution in [0.15, 0.2) is 15.2 Å². The molecule has 0 fully saturated rings. The van der Waals surface area contributed by atoms with Crippen LogP contribution in [-0.4, -0.2) is 23.0 Å². The summed E-state index contributed by atoms with van der Waals surface area (Å²) >= 11 is 4.63. The van der Waals surface area contributed by atoms with Crippen molar-refractivity contribution in [3.05, 3.63) is 20.8 Å². The van der Waals surface area contributed by atoms with Crippen LogP contribution in [0, 0.1) is 5.92 Å². The van der Waals surface area contributed by atoms with Crippen LogP contribution < -0.4 is 5.32 Å². The van der Waals surface area contributed by atoms with Crippen LogP contribution in [0.3, 0.4) is 0 Å². The number of carbonyl (C=O) groups excluding carboxylic acids is 1. The van der Waals surface area contributed by atoms with Crippen molar-refractivity contribution < 1.29 is 14.7 Å². The molecule has 0 aliphatic carbocycles. The number of carbonyl (C=O) groups is 2. The molecule has 1 heterocycles. The summed E-state index contributed by atoms with van der Waals surface area (Å²) in [4.78, 5) is 22.6. The first kappa shape index (κ1) is 13.2. The average Bonchev–Trinajstić information content (AvgIpc) is 2.59. The molecule has 1 amide bonds. The van der Waals surface area contributed by atoms with Gasteiger partial charge in [-0.3, -0.25) is 4.79 Å². The van der Waals surface area contributed by atoms with Gasteiger partial charge in [-0.2, -0.15) is 0 Å². The second-order valence-corrected chi connectivity index (χ2v) is 5.96. The number of nitrogens with one attached hydrogen (secondary N) is 1. The van der Waals surface area contributed by atoms with Crippen LogP contribution in [0.25, 0.3) is 0 Å². The molecule has 0 aromatic carbocycles. The lowest BCUT2D eigenvalue weighted by Crippen LogP contribution is -2.44. The third-order valence-electron chi connectivity index (χ3n) is 2.05. The van der Waals surface area contributed by atoms with E-state index in [9.17, 15) is 9.59 Å². The van der Waals surface area contributed by atoms with Gasteiger partial charge in [0.05, 0.1) is 9.35 Å². The third kappa shape index (κ3) is 3.31. The van der Waals surface area contributed by atoms with Gasteiger partial charge in [-0.05, 0) is 27.9 Å². The van der Waals surface area contributed by atoms with Crippen molar-refractivity contribution in [3.63, 3.8) is 0 Å². The molecule has 88 valence electrons. The Labute approximate surface area is 106 Å². The Morgan fingerprint density at radius 2 is 2.12 bits per heavy atom. The van der Waals surface area contributed by atoms with Crippen molar-refractivity contribution in [2.75, 3.05) is 0 Å². The van der Waals surface area contributed by atoms with Gasteiger partial charge in [0.1, 0.15) is 6.04 Å². The molecule has 0 aliphatic rings. The van der Waals surface area contributed by atoms with Crippen molar-refractivity contribution in [2.24, 2.45) is 5.92 Å². The molecule has 0 spiro atoms. The van der Waals surface area contributed by atoms with E-state index in [1.807, 2.05) is 0 Å². The fourth-order valence-corrected chi connectivity index (χ4v) is 2.30. The Balaban J connectivity index is 2.73. The molecule has 1 unspecified atom stereocenters. The highest BCUT2D eigenvalue weighted by atomic mass is 79.9. The van der Waals surface area contributed by atoms with Crippen LogP contribution in [-0.2, 0) is 4.79 Å². The summed E-state index contributed by atoms with van der Waals surface area (Å²) in [6.07, 6.45) is 0. The van der Waals surface area contributed by atoms with Gasteiger partial charge in [0.15, 0.2) is 0 Å². The van der Waals surface area contributed by atoms with E-state index >= 15 is 0 Å². The van der Waals surface area contributed by atoms with Crippen molar-refractivity contribution in [1.82, 2.24) is 5.32 Å². The molecule has 4 nitrogen and oxygen atoms in total. The van der Waals surface area contributed by atoms with E-state index in [0.29, 0.717) is 5.56 Å². The number of halogens is 1. The van der Waals surface area contributed by atoms with E-state index in [1.54, 1.807) is 25.3 Å². The summed E-state index contributed by atoms with van der Waals surface area (Å²) in [6, 6.07) is 0.811. The number of amides is 1. The second kappa shape index (κ2) is 5.45. The SMILES string of the molecule is CC(C)C(NC(=O)c1csc(Br)c1)C(=O)O. The lowest BCUT2D eigenvalue weighted by Gasteiger charge is -2.17. The third-order valence-corrected chi connectivity index (χ3v) is 3.55. The number of carboxylic acids is 1. The smallest absolute Gasteiger partial charge is 0.326 e. The number of hydrogen-bond donors (Lipinski definition) is 2. The Morgan fingerprint density at radius 3 is 2.50 bits per heavy atom. The fourth-order valence-electron chi connectivity index (χ4n) is 1.17. The summed E-state index contributed by atoms with van der Waals surface area (Å²) in [5.74, 6) is -1.52. The van der Waals surface area contributed by atoms with Gasteiger partial charge in [0.2, 0.25) is 0 Å². The molecule has 0 radical (unpaired) electrons. The topological polar surface area (TPSA) is 66.4 Å². The first-order chi connectivity index (χ1) is 7.41. The summed E-state index contributed by atoms with van der Waals surface area (Å²) in [5, 5.41) is 13.1. The first-order valence-corrected chi connectivity index (χ1v) is 6.36. The van der Waals surface area contributed by atoms with Crippen molar-refractivity contribution in [3.8, 4) is 0 Å². The van der Waals surface area contributed by atoms with Crippen LogP contribution in [0.2, 0.25) is 0 Å². The fraction of sp³-hybridized carbons (Fsp3) is 0.400. The van der Waals surface area contributed by atoms with E-state index in [0.717, 1.165) is 3.79 Å². The number of rotatable bonds is 4. The summed E-state index contributed by atoms with van der Waals surface area (Å²) in [6.45, 7) is 3.51. The van der Waals surface area contributed by atoms with Gasteiger partial charge in [-0.25, -0.2) is 4.79 Å². The molecule has 1 aromatic rings. The van der Waals surface area contributed by atoms with Gasteiger partial charge < -0.3 is 10.4 Å². The molecule has 0 saturated carbocycles. The number of hydrogen-bond acceptors (Lipinski definition) is 3. The van der Waals surface area contributed by atoms with Crippen LogP contribution in [0.5, 0.6) is 0 Å². The second-order valence-electron chi connectivity index (χ2n) is 3.67. The summed E-state index contributed by atoms with van der Waals surface area (Å²) in [5.41, 5.74) is 0.476. The van der Waals surface area contributed by atoms with Crippen LogP contribution in [0.1, 0.15) is 24.2 Å². The molecule has 1 atom stereocenters. The van der Waals surface area contributed by atoms with Gasteiger partial charge in [0.25, 0.3) is 5.91 Å². The molecule has 1 rings (SSSR count). The minimum atomic E-state index is -1.02. The quantitative estimate of drug-likeness (QED) is 0.897. The molecular weight excluding hydrogens is 294 g/mol.